The van der Waals surface area contributed by atoms with E-state index in [9.17, 15) is 14.7 Å². The Morgan fingerprint density at radius 3 is 2.53 bits per heavy atom. The fraction of sp³-hybridized carbons (Fsp3) is 0.385. The van der Waals surface area contributed by atoms with Crippen molar-refractivity contribution in [3.8, 4) is 5.75 Å². The number of hydrogen-bond acceptors (Lipinski definition) is 4. The number of esters is 1. The highest BCUT2D eigenvalue weighted by Gasteiger charge is 2.22. The van der Waals surface area contributed by atoms with Crippen LogP contribution in [0.3, 0.4) is 0 Å². The van der Waals surface area contributed by atoms with E-state index in [4.69, 9.17) is 0 Å². The van der Waals surface area contributed by atoms with Crippen LogP contribution in [0.5, 0.6) is 5.75 Å². The third-order valence-electron chi connectivity index (χ3n) is 2.60. The summed E-state index contributed by atoms with van der Waals surface area (Å²) in [4.78, 5) is 25.0. The minimum atomic E-state index is -0.475. The van der Waals surface area contributed by atoms with Crippen LogP contribution in [0.1, 0.15) is 24.2 Å². The molecule has 6 heteroatoms. The fourth-order valence-corrected chi connectivity index (χ4v) is 1.84. The molecule has 0 aliphatic heterocycles. The van der Waals surface area contributed by atoms with Crippen LogP contribution in [0.4, 0.5) is 0 Å². The molecule has 19 heavy (non-hydrogen) atoms. The van der Waals surface area contributed by atoms with E-state index >= 15 is 0 Å². The Morgan fingerprint density at radius 2 is 2.05 bits per heavy atom. The van der Waals surface area contributed by atoms with Gasteiger partial charge in [-0.25, -0.2) is 0 Å². The van der Waals surface area contributed by atoms with E-state index < -0.39 is 5.97 Å². The zero-order valence-corrected chi connectivity index (χ0v) is 13.2. The first-order valence-corrected chi connectivity index (χ1v) is 6.81. The van der Waals surface area contributed by atoms with Gasteiger partial charge in [0.2, 0.25) is 0 Å². The van der Waals surface area contributed by atoms with Crippen molar-refractivity contribution in [1.29, 1.82) is 0 Å². The summed E-state index contributed by atoms with van der Waals surface area (Å²) >= 11 is 1.97. The second-order valence-electron chi connectivity index (χ2n) is 4.27. The van der Waals surface area contributed by atoms with Crippen molar-refractivity contribution in [1.82, 2.24) is 4.90 Å². The number of benzene rings is 1. The first kappa shape index (κ1) is 15.7. The first-order valence-electron chi connectivity index (χ1n) is 5.73. The number of nitrogens with zero attached hydrogens (tertiary/aromatic N) is 1. The van der Waals surface area contributed by atoms with Gasteiger partial charge in [0.05, 0.1) is 10.7 Å². The molecule has 0 atom stereocenters. The Hall–Kier alpha value is -1.31. The summed E-state index contributed by atoms with van der Waals surface area (Å²) < 4.78 is 5.24. The van der Waals surface area contributed by atoms with Gasteiger partial charge in [0.1, 0.15) is 12.3 Å². The molecule has 0 aromatic heterocycles. The number of rotatable bonds is 4. The zero-order valence-electron chi connectivity index (χ0n) is 11.0. The number of carbonyl (C=O) groups excluding carboxylic acids is 2. The Bertz CT molecular complexity index is 488. The summed E-state index contributed by atoms with van der Waals surface area (Å²) in [5.74, 6) is -0.739. The normalized spacial score (nSPS) is 10.4. The van der Waals surface area contributed by atoms with E-state index in [0.29, 0.717) is 9.13 Å². The minimum absolute atomic E-state index is 0.0493. The molecule has 0 bridgehead atoms. The van der Waals surface area contributed by atoms with Crippen LogP contribution in [0.25, 0.3) is 0 Å². The summed E-state index contributed by atoms with van der Waals surface area (Å²) in [7, 11) is 1.28. The molecule has 0 aliphatic carbocycles. The molecule has 0 radical (unpaired) electrons. The number of amides is 1. The molecule has 0 saturated heterocycles. The number of aromatic hydroxyl groups is 1. The lowest BCUT2D eigenvalue weighted by atomic mass is 10.1. The van der Waals surface area contributed by atoms with E-state index in [-0.39, 0.29) is 24.2 Å². The molecule has 104 valence electrons. The maximum absolute atomic E-state index is 12.3. The molecule has 0 spiro atoms. The lowest BCUT2D eigenvalue weighted by molar-refractivity contribution is -0.141. The van der Waals surface area contributed by atoms with Gasteiger partial charge in [0.15, 0.2) is 0 Å². The van der Waals surface area contributed by atoms with Crippen molar-refractivity contribution >= 4 is 34.5 Å². The molecule has 1 aromatic rings. The summed E-state index contributed by atoms with van der Waals surface area (Å²) in [6, 6.07) is 4.53. The van der Waals surface area contributed by atoms with Crippen molar-refractivity contribution in [2.24, 2.45) is 0 Å². The number of phenolic OH excluding ortho intramolecular Hbond substituents is 1. The molecule has 0 heterocycles. The van der Waals surface area contributed by atoms with Crippen molar-refractivity contribution in [3.05, 3.63) is 27.3 Å². The van der Waals surface area contributed by atoms with Crippen LogP contribution in [0.15, 0.2) is 18.2 Å². The SMILES string of the molecule is COC(=O)CN(C(=O)c1ccc(I)c(O)c1)C(C)C. The van der Waals surface area contributed by atoms with Gasteiger partial charge in [-0.1, -0.05) is 0 Å². The third kappa shape index (κ3) is 4.09. The van der Waals surface area contributed by atoms with E-state index in [1.54, 1.807) is 12.1 Å². The molecule has 1 N–H and O–H groups in total. The van der Waals surface area contributed by atoms with Crippen LogP contribution in [0.2, 0.25) is 0 Å². The van der Waals surface area contributed by atoms with Crippen LogP contribution in [-0.2, 0) is 9.53 Å². The Kier molecular flexibility index (Phi) is 5.59. The molecule has 5 nitrogen and oxygen atoms in total. The number of ether oxygens (including phenoxy) is 1. The smallest absolute Gasteiger partial charge is 0.325 e. The Labute approximate surface area is 125 Å². The van der Waals surface area contributed by atoms with Crippen LogP contribution < -0.4 is 0 Å². The highest BCUT2D eigenvalue weighted by atomic mass is 127. The molecule has 0 unspecified atom stereocenters. The zero-order chi connectivity index (χ0) is 14.6. The van der Waals surface area contributed by atoms with Gasteiger partial charge in [0, 0.05) is 11.6 Å². The molecule has 0 saturated carbocycles. The topological polar surface area (TPSA) is 66.8 Å². The molecular formula is C13H16INO4. The predicted molar refractivity (Wildman–Crippen MR) is 79.0 cm³/mol. The fourth-order valence-electron chi connectivity index (χ4n) is 1.50. The maximum Gasteiger partial charge on any atom is 0.325 e. The molecule has 1 amide bonds. The van der Waals surface area contributed by atoms with Gasteiger partial charge in [-0.15, -0.1) is 0 Å². The van der Waals surface area contributed by atoms with Gasteiger partial charge < -0.3 is 14.7 Å². The van der Waals surface area contributed by atoms with Gasteiger partial charge in [0.25, 0.3) is 5.91 Å². The van der Waals surface area contributed by atoms with E-state index in [1.807, 2.05) is 36.4 Å². The lowest BCUT2D eigenvalue weighted by Crippen LogP contribution is -2.41. The average molecular weight is 377 g/mol. The van der Waals surface area contributed by atoms with Crippen molar-refractivity contribution < 1.29 is 19.4 Å². The first-order chi connectivity index (χ1) is 8.86. The van der Waals surface area contributed by atoms with E-state index in [1.165, 1.54) is 18.1 Å². The Balaban J connectivity index is 2.99. The van der Waals surface area contributed by atoms with Gasteiger partial charge >= 0.3 is 5.97 Å². The summed E-state index contributed by atoms with van der Waals surface area (Å²) in [5, 5.41) is 9.63. The van der Waals surface area contributed by atoms with E-state index in [0.717, 1.165) is 0 Å². The summed E-state index contributed by atoms with van der Waals surface area (Å²) in [6.07, 6.45) is 0. The summed E-state index contributed by atoms with van der Waals surface area (Å²) in [5.41, 5.74) is 0.343. The largest absolute Gasteiger partial charge is 0.507 e. The number of halogens is 1. The van der Waals surface area contributed by atoms with Gasteiger partial charge in [-0.05, 0) is 54.6 Å². The van der Waals surface area contributed by atoms with Crippen LogP contribution >= 0.6 is 22.6 Å². The van der Waals surface area contributed by atoms with Gasteiger partial charge in [-0.3, -0.25) is 9.59 Å². The van der Waals surface area contributed by atoms with E-state index in [2.05, 4.69) is 4.74 Å². The second-order valence-corrected chi connectivity index (χ2v) is 5.43. The number of phenols is 1. The molecular weight excluding hydrogens is 361 g/mol. The monoisotopic (exact) mass is 377 g/mol. The van der Waals surface area contributed by atoms with Crippen molar-refractivity contribution in [2.45, 2.75) is 19.9 Å². The minimum Gasteiger partial charge on any atom is -0.507 e. The standard InChI is InChI=1S/C13H16INO4/c1-8(2)15(7-12(17)19-3)13(18)9-4-5-10(14)11(16)6-9/h4-6,8,16H,7H2,1-3H3. The quantitative estimate of drug-likeness (QED) is 0.644. The number of methoxy groups -OCH3 is 1. The molecule has 1 rings (SSSR count). The van der Waals surface area contributed by atoms with Crippen LogP contribution in [-0.4, -0.2) is 41.6 Å². The predicted octanol–water partition coefficient (Wildman–Crippen LogP) is 2.02. The Morgan fingerprint density at radius 1 is 1.42 bits per heavy atom. The summed E-state index contributed by atoms with van der Waals surface area (Å²) in [6.45, 7) is 3.51. The highest BCUT2D eigenvalue weighted by Crippen LogP contribution is 2.21. The molecule has 1 aromatic carbocycles. The molecule has 0 aliphatic rings. The van der Waals surface area contributed by atoms with Crippen molar-refractivity contribution in [2.75, 3.05) is 13.7 Å². The van der Waals surface area contributed by atoms with Crippen LogP contribution in [0, 0.1) is 3.57 Å². The average Bonchev–Trinajstić information content (AvgIpc) is 2.37. The number of carbonyl (C=O) groups is 2. The van der Waals surface area contributed by atoms with Gasteiger partial charge in [-0.2, -0.15) is 0 Å². The maximum atomic E-state index is 12.3. The third-order valence-corrected chi connectivity index (χ3v) is 3.52. The second kappa shape index (κ2) is 6.74. The van der Waals surface area contributed by atoms with Crippen molar-refractivity contribution in [3.63, 3.8) is 0 Å². The lowest BCUT2D eigenvalue weighted by Gasteiger charge is -2.25. The molecule has 0 fully saturated rings. The number of hydrogen-bond donors (Lipinski definition) is 1. The highest BCUT2D eigenvalue weighted by molar-refractivity contribution is 14.1.